The fraction of sp³-hybridized carbons (Fsp3) is 0.280. The zero-order chi connectivity index (χ0) is 120. The van der Waals surface area contributed by atoms with Gasteiger partial charge in [0.05, 0.1) is 71.6 Å². The molecule has 1 atom stereocenters. The summed E-state index contributed by atoms with van der Waals surface area (Å²) in [5.41, 5.74) is 26.5. The maximum atomic E-state index is 9.01. The minimum Gasteiger partial charge on any atom is -0.456 e. The Morgan fingerprint density at radius 3 is 1.04 bits per heavy atom. The van der Waals surface area contributed by atoms with Crippen molar-refractivity contribution in [3.05, 3.63) is 351 Å². The molecule has 140 heavy (non-hydrogen) atoms. The van der Waals surface area contributed by atoms with Crippen molar-refractivity contribution in [2.45, 2.75) is 202 Å². The van der Waals surface area contributed by atoms with E-state index in [9.17, 15) is 0 Å². The van der Waals surface area contributed by atoms with Crippen LogP contribution in [0.4, 0.5) is 28.4 Å². The second-order valence-corrected chi connectivity index (χ2v) is 37.2. The standard InChI is InChI=1S/5C25H25N2O/c1-14(2)18-11-17(5)27(7)21(12-18)24-16(4)10-15(3)23-20-9-8-19(26-6)13-22(20)28-25(23)24;1-14(2)18-11-17(5)27(7)21(12-18)24-15(3)8-9-20-23-16(4)10-19(26-6)13-22(23)28-25(20)24;1-14(2)18-11-17(5)27(7)22(12-18)24-15(3)8-9-19-20-10-16(4)21(26-6)13-23(20)28-25(19)24;2*1-14(2)18-12-16(4)27(7)22(13-18)23-15(3)8-9-20-19-10-11-21(26-6)17(5)24(19)28-25(20)23/h5*8-14H,1-5,7H3/q5*+1/i3D3,11D,12D,14D;4D3,11D,12D,14D;11D,12D,14D;12D,13D,14D;1D3,14D. The molecule has 15 heteroatoms. The molecule has 0 N–H and O–H groups in total. The van der Waals surface area contributed by atoms with Crippen LogP contribution >= 0.6 is 0 Å². The van der Waals surface area contributed by atoms with Gasteiger partial charge in [-0.3, -0.25) is 0 Å². The fourth-order valence-electron chi connectivity index (χ4n) is 18.3. The SMILES string of the molecule is [2H]C([2H])([2H])C([2H])(C)c1cc(C)[n+](C)c(-c2c(C)ccc3c2oc2c(C)c([N+]#[C-])ccc23)c1.[2H]c1c(C([2H])(C)C)c([2H])c(-c2c(C)cc(C([2H])([2H])[2H])c3c2oc2cc([N+]#[C-])ccc23)[n+](C)c1C.[2H]c1c(C([2H])(C)C)c([2H])c(-c2c(C)ccc3c2oc2c(C)c([N+]#[C-])ccc23)[n+](C)c1C.[2H]c1c(C([2H])(C)C)c([2H])c(-c2c(C)ccc3c2oc2cc([N+]#[C-])c(C)cc23)[n+](C)c1C.[2H]c1c(C([2H])(C)C)c([2H])c(-c2c(C)ccc3c2oc2cc([N+]#[C-])cc(C([2H])([2H])[2H])c23)[n+](C)c1C. The maximum Gasteiger partial charge on any atom is 0.216 e. The van der Waals surface area contributed by atoms with E-state index in [1.54, 1.807) is 148 Å². The molecule has 0 aliphatic rings. The van der Waals surface area contributed by atoms with E-state index in [2.05, 4.69) is 24.2 Å². The van der Waals surface area contributed by atoms with Crippen molar-refractivity contribution in [2.75, 3.05) is 0 Å². The summed E-state index contributed by atoms with van der Waals surface area (Å²) in [6, 6.07) is 41.1. The van der Waals surface area contributed by atoms with Gasteiger partial charge < -0.3 is 22.1 Å². The summed E-state index contributed by atoms with van der Waals surface area (Å²) in [6.45, 7) is 68.9. The Bertz CT molecular complexity index is 9980. The third-order valence-electron chi connectivity index (χ3n) is 26.9. The molecule has 0 spiro atoms. The largest absolute Gasteiger partial charge is 0.456 e. The monoisotopic (exact) mass is 1870 g/mol. The van der Waals surface area contributed by atoms with Crippen LogP contribution in [-0.2, 0) is 35.2 Å². The molecule has 0 aliphatic carbocycles. The van der Waals surface area contributed by atoms with Gasteiger partial charge in [-0.05, 0) is 200 Å². The molecule has 0 fully saturated rings. The van der Waals surface area contributed by atoms with Gasteiger partial charge in [0.25, 0.3) is 0 Å². The van der Waals surface area contributed by atoms with E-state index < -0.39 is 50.0 Å². The number of aromatic nitrogens is 5. The second-order valence-electron chi connectivity index (χ2n) is 37.2. The first-order valence-corrected chi connectivity index (χ1v) is 46.0. The van der Waals surface area contributed by atoms with Gasteiger partial charge in [-0.1, -0.05) is 172 Å². The van der Waals surface area contributed by atoms with Gasteiger partial charge in [0.15, 0.2) is 56.9 Å². The lowest BCUT2D eigenvalue weighted by atomic mass is 9.94. The molecule has 0 amide bonds. The molecule has 20 rings (SSSR count). The van der Waals surface area contributed by atoms with Crippen molar-refractivity contribution in [2.24, 2.45) is 35.2 Å². The Morgan fingerprint density at radius 1 is 0.264 bits per heavy atom. The lowest BCUT2D eigenvalue weighted by molar-refractivity contribution is -0.666. The number of nitrogens with zero attached hydrogens (tertiary/aromatic N) is 10. The average molecular weight is 1870 g/mol. The first-order valence-electron chi connectivity index (χ1n) is 57.0. The fourth-order valence-corrected chi connectivity index (χ4v) is 18.3. The zero-order valence-corrected chi connectivity index (χ0v) is 84.2. The molecule has 10 aromatic heterocycles. The summed E-state index contributed by atoms with van der Waals surface area (Å²) >= 11 is 0. The first kappa shape index (κ1) is 72.7. The highest BCUT2D eigenvalue weighted by molar-refractivity contribution is 6.16. The van der Waals surface area contributed by atoms with Crippen LogP contribution in [0.25, 0.3) is 190 Å². The van der Waals surface area contributed by atoms with E-state index in [-0.39, 0.29) is 70.7 Å². The predicted octanol–water partition coefficient (Wildman–Crippen LogP) is 33.4. The van der Waals surface area contributed by atoms with Crippen molar-refractivity contribution in [1.82, 2.24) is 0 Å². The third-order valence-corrected chi connectivity index (χ3v) is 26.9. The van der Waals surface area contributed by atoms with E-state index in [1.165, 1.54) is 19.1 Å². The quantitative estimate of drug-likeness (QED) is 0.100. The van der Waals surface area contributed by atoms with E-state index in [1.807, 2.05) is 177 Å². The third kappa shape index (κ3) is 17.5. The number of fused-ring (bicyclic) bond motifs is 15. The first-order chi connectivity index (χ1) is 75.2. The summed E-state index contributed by atoms with van der Waals surface area (Å²) < 4.78 is 226. The Kier molecular flexibility index (Phi) is 19.9. The smallest absolute Gasteiger partial charge is 0.216 e. The highest BCUT2D eigenvalue weighted by Gasteiger charge is 2.32. The molecule has 0 radical (unpaired) electrons. The summed E-state index contributed by atoms with van der Waals surface area (Å²) in [5.74, 6) is -6.28. The van der Waals surface area contributed by atoms with Crippen LogP contribution in [0.5, 0.6) is 0 Å². The van der Waals surface area contributed by atoms with Crippen LogP contribution in [0.1, 0.15) is 241 Å². The Morgan fingerprint density at radius 2 is 0.614 bits per heavy atom. The zero-order valence-electron chi connectivity index (χ0n) is 106. The highest BCUT2D eigenvalue weighted by Crippen LogP contribution is 2.48. The molecule has 10 heterocycles. The van der Waals surface area contributed by atoms with Gasteiger partial charge in [0, 0.05) is 168 Å². The lowest BCUT2D eigenvalue weighted by Crippen LogP contribution is -2.35. The van der Waals surface area contributed by atoms with Gasteiger partial charge in [-0.25, -0.2) is 24.2 Å². The van der Waals surface area contributed by atoms with Gasteiger partial charge >= 0.3 is 0 Å². The van der Waals surface area contributed by atoms with Crippen molar-refractivity contribution in [3.8, 4) is 56.3 Å². The van der Waals surface area contributed by atoms with Crippen LogP contribution < -0.4 is 22.8 Å². The van der Waals surface area contributed by atoms with E-state index in [4.69, 9.17) is 85.1 Å². The van der Waals surface area contributed by atoms with Crippen molar-refractivity contribution in [3.63, 3.8) is 0 Å². The molecular formula is C125H125N10O5+5. The molecule has 20 aromatic rings. The molecule has 0 saturated carbocycles. The van der Waals surface area contributed by atoms with Crippen molar-refractivity contribution < 1.29 is 75.1 Å². The number of rotatable bonds is 10. The Balaban J connectivity index is 0.000000142. The highest BCUT2D eigenvalue weighted by atomic mass is 16.3. The van der Waals surface area contributed by atoms with Gasteiger partial charge in [-0.15, -0.1) is 0 Å². The number of hydrogen-bond donors (Lipinski definition) is 0. The topological polar surface area (TPSA) is 107 Å². The minimum absolute atomic E-state index is 0.0337. The van der Waals surface area contributed by atoms with Crippen LogP contribution in [0.3, 0.4) is 0 Å². The minimum atomic E-state index is -2.47. The molecule has 0 bridgehead atoms. The molecular weight excluding hydrogens is 1720 g/mol. The molecule has 700 valence electrons. The van der Waals surface area contributed by atoms with Gasteiger partial charge in [-0.2, -0.15) is 22.8 Å². The molecule has 0 saturated heterocycles. The summed E-state index contributed by atoms with van der Waals surface area (Å²) in [4.78, 5) is 17.6. The van der Waals surface area contributed by atoms with Crippen LogP contribution in [0.2, 0.25) is 0 Å². The van der Waals surface area contributed by atoms with Crippen LogP contribution in [0.15, 0.2) is 204 Å². The van der Waals surface area contributed by atoms with Crippen molar-refractivity contribution in [1.29, 1.82) is 0 Å². The van der Waals surface area contributed by atoms with Gasteiger partial charge in [0.2, 0.25) is 28.5 Å². The van der Waals surface area contributed by atoms with E-state index >= 15 is 0 Å². The number of hydrogen-bond acceptors (Lipinski definition) is 5. The van der Waals surface area contributed by atoms with Crippen LogP contribution in [-0.4, -0.2) is 0 Å². The normalized spacial score (nSPS) is 14.8. The maximum absolute atomic E-state index is 9.01. The molecule has 10 aromatic carbocycles. The number of pyridine rings is 5. The van der Waals surface area contributed by atoms with Crippen molar-refractivity contribution >= 4 is 138 Å². The van der Waals surface area contributed by atoms with Crippen LogP contribution in [0, 0.1) is 137 Å². The van der Waals surface area contributed by atoms with Gasteiger partial charge in [0.1, 0.15) is 91.1 Å². The predicted molar refractivity (Wildman–Crippen MR) is 574 cm³/mol. The molecule has 1 unspecified atom stereocenters. The summed E-state index contributed by atoms with van der Waals surface area (Å²) in [7, 11) is 9.15. The summed E-state index contributed by atoms with van der Waals surface area (Å²) in [5, 5.41) is 7.61. The number of aryl methyl sites for hydroxylation is 11. The van der Waals surface area contributed by atoms with E-state index in [0.29, 0.717) is 185 Å². The van der Waals surface area contributed by atoms with E-state index in [0.717, 1.165) is 99.3 Å². The average Bonchev–Trinajstić information content (AvgIpc) is 1.52. The second kappa shape index (κ2) is 38.4. The Hall–Kier alpha value is -15.6. The Labute approximate surface area is 853 Å². The molecule has 15 nitrogen and oxygen atoms in total. The summed E-state index contributed by atoms with van der Waals surface area (Å²) in [6.07, 6.45) is 0. The molecule has 0 aliphatic heterocycles. The number of furan rings is 5. The lowest BCUT2D eigenvalue weighted by Gasteiger charge is -2.12. The number of benzene rings is 10.